The van der Waals surface area contributed by atoms with E-state index in [2.05, 4.69) is 37.2 Å². The summed E-state index contributed by atoms with van der Waals surface area (Å²) in [4.78, 5) is 0. The summed E-state index contributed by atoms with van der Waals surface area (Å²) in [5, 5.41) is 3.17. The van der Waals surface area contributed by atoms with Gasteiger partial charge in [-0.3, -0.25) is 0 Å². The first-order valence-electron chi connectivity index (χ1n) is 5.61. The van der Waals surface area contributed by atoms with Crippen LogP contribution in [0.5, 0.6) is 5.75 Å². The van der Waals surface area contributed by atoms with E-state index in [1.54, 1.807) is 13.2 Å². The van der Waals surface area contributed by atoms with E-state index in [1.165, 1.54) is 6.07 Å². The fourth-order valence-electron chi connectivity index (χ4n) is 1.64. The maximum atomic E-state index is 13.7. The monoisotopic (exact) mass is 387 g/mol. The Morgan fingerprint density at radius 3 is 2.58 bits per heavy atom. The molecule has 0 heterocycles. The van der Waals surface area contributed by atoms with Gasteiger partial charge in [0.05, 0.1) is 7.11 Å². The quantitative estimate of drug-likeness (QED) is 0.798. The fraction of sp³-hybridized carbons (Fsp3) is 0.143. The van der Waals surface area contributed by atoms with Crippen LogP contribution in [0.2, 0.25) is 0 Å². The molecular formula is C14H12Br2FNO. The highest BCUT2D eigenvalue weighted by molar-refractivity contribution is 9.10. The van der Waals surface area contributed by atoms with Crippen LogP contribution in [-0.2, 0) is 6.54 Å². The Morgan fingerprint density at radius 2 is 1.89 bits per heavy atom. The second kappa shape index (κ2) is 6.39. The molecule has 0 amide bonds. The molecule has 2 aromatic carbocycles. The van der Waals surface area contributed by atoms with E-state index >= 15 is 0 Å². The van der Waals surface area contributed by atoms with Crippen LogP contribution in [0.3, 0.4) is 0 Å². The number of nitrogens with one attached hydrogen (secondary N) is 1. The van der Waals surface area contributed by atoms with Crippen molar-refractivity contribution in [2.24, 2.45) is 0 Å². The number of halogens is 3. The summed E-state index contributed by atoms with van der Waals surface area (Å²) in [7, 11) is 1.61. The van der Waals surface area contributed by atoms with E-state index < -0.39 is 0 Å². The minimum absolute atomic E-state index is 0.233. The highest BCUT2D eigenvalue weighted by atomic mass is 79.9. The number of ether oxygens (including phenoxy) is 1. The van der Waals surface area contributed by atoms with Gasteiger partial charge in [-0.05, 0) is 24.3 Å². The first-order chi connectivity index (χ1) is 9.08. The molecule has 0 atom stereocenters. The smallest absolute Gasteiger partial charge is 0.129 e. The third-order valence-corrected chi connectivity index (χ3v) is 3.56. The van der Waals surface area contributed by atoms with Crippen molar-refractivity contribution in [1.82, 2.24) is 0 Å². The molecule has 2 rings (SSSR count). The summed E-state index contributed by atoms with van der Waals surface area (Å²) < 4.78 is 20.5. The largest absolute Gasteiger partial charge is 0.497 e. The lowest BCUT2D eigenvalue weighted by molar-refractivity contribution is 0.414. The highest BCUT2D eigenvalue weighted by Crippen LogP contribution is 2.25. The van der Waals surface area contributed by atoms with Crippen molar-refractivity contribution in [2.45, 2.75) is 6.54 Å². The van der Waals surface area contributed by atoms with Crippen molar-refractivity contribution in [3.05, 3.63) is 56.7 Å². The van der Waals surface area contributed by atoms with Crippen molar-refractivity contribution in [2.75, 3.05) is 12.4 Å². The van der Waals surface area contributed by atoms with Crippen LogP contribution in [0.15, 0.2) is 45.3 Å². The third kappa shape index (κ3) is 3.94. The first-order valence-corrected chi connectivity index (χ1v) is 7.19. The molecule has 1 N–H and O–H groups in total. The standard InChI is InChI=1S/C14H12Br2FNO/c1-19-13-5-11(16)4-12(7-13)18-8-9-2-3-10(15)6-14(9)17/h2-7,18H,8H2,1H3. The Morgan fingerprint density at radius 1 is 1.11 bits per heavy atom. The highest BCUT2D eigenvalue weighted by Gasteiger charge is 2.04. The third-order valence-electron chi connectivity index (χ3n) is 2.61. The predicted octanol–water partition coefficient (Wildman–Crippen LogP) is 4.97. The molecule has 0 saturated carbocycles. The molecule has 0 aromatic heterocycles. The minimum Gasteiger partial charge on any atom is -0.497 e. The second-order valence-corrected chi connectivity index (χ2v) is 5.80. The van der Waals surface area contributed by atoms with Crippen LogP contribution in [0.25, 0.3) is 0 Å². The first kappa shape index (κ1) is 14.3. The van der Waals surface area contributed by atoms with Gasteiger partial charge in [-0.2, -0.15) is 0 Å². The van der Waals surface area contributed by atoms with Gasteiger partial charge in [0, 0.05) is 32.8 Å². The van der Waals surface area contributed by atoms with Crippen molar-refractivity contribution in [3.63, 3.8) is 0 Å². The van der Waals surface area contributed by atoms with Gasteiger partial charge in [0.2, 0.25) is 0 Å². The van der Waals surface area contributed by atoms with Gasteiger partial charge >= 0.3 is 0 Å². The Labute approximate surface area is 128 Å². The minimum atomic E-state index is -0.233. The van der Waals surface area contributed by atoms with E-state index in [0.717, 1.165) is 20.4 Å². The zero-order chi connectivity index (χ0) is 13.8. The van der Waals surface area contributed by atoms with Crippen LogP contribution < -0.4 is 10.1 Å². The van der Waals surface area contributed by atoms with Crippen molar-refractivity contribution in [3.8, 4) is 5.75 Å². The SMILES string of the molecule is COc1cc(Br)cc(NCc2ccc(Br)cc2F)c1. The van der Waals surface area contributed by atoms with Gasteiger partial charge in [-0.1, -0.05) is 37.9 Å². The molecule has 2 nitrogen and oxygen atoms in total. The molecular weight excluding hydrogens is 377 g/mol. The van der Waals surface area contributed by atoms with Gasteiger partial charge < -0.3 is 10.1 Å². The maximum Gasteiger partial charge on any atom is 0.129 e. The summed E-state index contributed by atoms with van der Waals surface area (Å²) in [6.07, 6.45) is 0. The molecule has 0 unspecified atom stereocenters. The average molecular weight is 389 g/mol. The zero-order valence-corrected chi connectivity index (χ0v) is 13.4. The van der Waals surface area contributed by atoms with Gasteiger partial charge in [0.15, 0.2) is 0 Å². The van der Waals surface area contributed by atoms with E-state index in [0.29, 0.717) is 12.1 Å². The van der Waals surface area contributed by atoms with Gasteiger partial charge in [-0.25, -0.2) is 4.39 Å². The van der Waals surface area contributed by atoms with Crippen LogP contribution in [-0.4, -0.2) is 7.11 Å². The van der Waals surface area contributed by atoms with Gasteiger partial charge in [0.25, 0.3) is 0 Å². The Kier molecular flexibility index (Phi) is 4.82. The zero-order valence-electron chi connectivity index (χ0n) is 10.2. The average Bonchev–Trinajstić information content (AvgIpc) is 2.37. The summed E-state index contributed by atoms with van der Waals surface area (Å²) in [5.41, 5.74) is 1.48. The molecule has 2 aromatic rings. The number of hydrogen-bond donors (Lipinski definition) is 1. The molecule has 0 bridgehead atoms. The second-order valence-electron chi connectivity index (χ2n) is 3.97. The number of methoxy groups -OCH3 is 1. The Hall–Kier alpha value is -1.07. The summed E-state index contributed by atoms with van der Waals surface area (Å²) in [6.45, 7) is 0.415. The molecule has 0 spiro atoms. The number of hydrogen-bond acceptors (Lipinski definition) is 2. The summed E-state index contributed by atoms with van der Waals surface area (Å²) in [6, 6.07) is 10.7. The molecule has 100 valence electrons. The number of rotatable bonds is 4. The van der Waals surface area contributed by atoms with E-state index in [9.17, 15) is 4.39 Å². The molecule has 0 aliphatic carbocycles. The van der Waals surface area contributed by atoms with Crippen molar-refractivity contribution < 1.29 is 9.13 Å². The topological polar surface area (TPSA) is 21.3 Å². The van der Waals surface area contributed by atoms with E-state index in [1.807, 2.05) is 24.3 Å². The van der Waals surface area contributed by atoms with Crippen LogP contribution >= 0.6 is 31.9 Å². The van der Waals surface area contributed by atoms with Crippen LogP contribution in [0, 0.1) is 5.82 Å². The van der Waals surface area contributed by atoms with Crippen molar-refractivity contribution in [1.29, 1.82) is 0 Å². The summed E-state index contributed by atoms with van der Waals surface area (Å²) in [5.74, 6) is 0.511. The summed E-state index contributed by atoms with van der Waals surface area (Å²) >= 11 is 6.64. The molecule has 5 heteroatoms. The molecule has 19 heavy (non-hydrogen) atoms. The van der Waals surface area contributed by atoms with Crippen LogP contribution in [0.4, 0.5) is 10.1 Å². The molecule has 0 fully saturated rings. The van der Waals surface area contributed by atoms with Crippen molar-refractivity contribution >= 4 is 37.5 Å². The lowest BCUT2D eigenvalue weighted by atomic mass is 10.2. The van der Waals surface area contributed by atoms with Gasteiger partial charge in [-0.15, -0.1) is 0 Å². The normalized spacial score (nSPS) is 10.3. The molecule has 0 saturated heterocycles. The number of benzene rings is 2. The lowest BCUT2D eigenvalue weighted by Gasteiger charge is -2.10. The lowest BCUT2D eigenvalue weighted by Crippen LogP contribution is -2.02. The van der Waals surface area contributed by atoms with E-state index in [-0.39, 0.29) is 5.82 Å². The van der Waals surface area contributed by atoms with E-state index in [4.69, 9.17) is 4.74 Å². The molecule has 0 aliphatic rings. The molecule has 0 radical (unpaired) electrons. The number of anilines is 1. The molecule has 0 aliphatic heterocycles. The maximum absolute atomic E-state index is 13.7. The fourth-order valence-corrected chi connectivity index (χ4v) is 2.45. The van der Waals surface area contributed by atoms with Crippen LogP contribution in [0.1, 0.15) is 5.56 Å². The van der Waals surface area contributed by atoms with Gasteiger partial charge in [0.1, 0.15) is 11.6 Å². The Bertz CT molecular complexity index is 590. The predicted molar refractivity (Wildman–Crippen MR) is 82.1 cm³/mol. The Balaban J connectivity index is 2.12.